The topological polar surface area (TPSA) is 75.7 Å². The molecule has 1 aliphatic heterocycles. The molecule has 0 saturated carbocycles. The zero-order valence-corrected chi connectivity index (χ0v) is 14.6. The van der Waals surface area contributed by atoms with E-state index in [0.717, 1.165) is 19.3 Å². The second-order valence-corrected chi connectivity index (χ2v) is 7.70. The zero-order chi connectivity index (χ0) is 17.0. The fourth-order valence-electron chi connectivity index (χ4n) is 2.67. The van der Waals surface area contributed by atoms with Gasteiger partial charge in [0.2, 0.25) is 10.0 Å². The van der Waals surface area contributed by atoms with Gasteiger partial charge in [-0.3, -0.25) is 4.79 Å². The molecular weight excluding hydrogens is 316 g/mol. The van der Waals surface area contributed by atoms with Gasteiger partial charge in [-0.1, -0.05) is 0 Å². The first-order valence-electron chi connectivity index (χ1n) is 7.85. The summed E-state index contributed by atoms with van der Waals surface area (Å²) in [5.41, 5.74) is 0.293. The third kappa shape index (κ3) is 4.23. The number of carbonyl (C=O) groups excluding carboxylic acids is 1. The van der Waals surface area contributed by atoms with Crippen LogP contribution < -0.4 is 9.46 Å². The molecular formula is C16H24N2O4S. The molecule has 1 N–H and O–H groups in total. The van der Waals surface area contributed by atoms with Crippen molar-refractivity contribution in [2.24, 2.45) is 0 Å². The molecule has 0 aromatic heterocycles. The number of carbonyl (C=O) groups is 1. The summed E-state index contributed by atoms with van der Waals surface area (Å²) in [4.78, 5) is 14.5. The van der Waals surface area contributed by atoms with E-state index in [1.165, 1.54) is 25.3 Å². The van der Waals surface area contributed by atoms with Crippen LogP contribution in [0, 0.1) is 0 Å². The number of ether oxygens (including phenoxy) is 1. The van der Waals surface area contributed by atoms with Crippen LogP contribution in [0.15, 0.2) is 23.1 Å². The van der Waals surface area contributed by atoms with Gasteiger partial charge in [0, 0.05) is 19.1 Å². The quantitative estimate of drug-likeness (QED) is 0.889. The van der Waals surface area contributed by atoms with Gasteiger partial charge < -0.3 is 9.64 Å². The summed E-state index contributed by atoms with van der Waals surface area (Å²) in [6.07, 6.45) is 3.07. The monoisotopic (exact) mass is 340 g/mol. The van der Waals surface area contributed by atoms with Crippen LogP contribution in [0.4, 0.5) is 0 Å². The molecule has 1 heterocycles. The molecule has 1 aromatic rings. The molecule has 2 rings (SSSR count). The van der Waals surface area contributed by atoms with E-state index in [9.17, 15) is 13.2 Å². The van der Waals surface area contributed by atoms with Crippen LogP contribution in [0.1, 0.15) is 43.5 Å². The van der Waals surface area contributed by atoms with Gasteiger partial charge in [0.15, 0.2) is 0 Å². The lowest BCUT2D eigenvalue weighted by molar-refractivity contribution is 0.0720. The number of benzene rings is 1. The highest BCUT2D eigenvalue weighted by Crippen LogP contribution is 2.25. The fourth-order valence-corrected chi connectivity index (χ4v) is 3.94. The van der Waals surface area contributed by atoms with E-state index in [1.54, 1.807) is 18.7 Å². The summed E-state index contributed by atoms with van der Waals surface area (Å²) in [6.45, 7) is 4.90. The number of nitrogens with one attached hydrogen (secondary N) is 1. The number of nitrogens with zero attached hydrogens (tertiary/aromatic N) is 1. The number of piperidine rings is 1. The van der Waals surface area contributed by atoms with E-state index < -0.39 is 10.0 Å². The number of amides is 1. The Morgan fingerprint density at radius 2 is 1.87 bits per heavy atom. The molecule has 1 amide bonds. The number of likely N-dealkylation sites (tertiary alicyclic amines) is 1. The molecule has 0 aliphatic carbocycles. The molecule has 1 aliphatic rings. The van der Waals surface area contributed by atoms with Crippen molar-refractivity contribution >= 4 is 15.9 Å². The average molecular weight is 340 g/mol. The minimum Gasteiger partial charge on any atom is -0.496 e. The lowest BCUT2D eigenvalue weighted by atomic mass is 10.1. The predicted molar refractivity (Wildman–Crippen MR) is 88.2 cm³/mol. The van der Waals surface area contributed by atoms with Crippen molar-refractivity contribution in [2.45, 2.75) is 44.0 Å². The molecule has 0 atom stereocenters. The van der Waals surface area contributed by atoms with Crippen LogP contribution in [0.2, 0.25) is 0 Å². The molecule has 1 aromatic carbocycles. The normalized spacial score (nSPS) is 15.7. The molecule has 0 unspecified atom stereocenters. The van der Waals surface area contributed by atoms with Gasteiger partial charge in [-0.15, -0.1) is 0 Å². The zero-order valence-electron chi connectivity index (χ0n) is 13.8. The fraction of sp³-hybridized carbons (Fsp3) is 0.562. The van der Waals surface area contributed by atoms with Crippen LogP contribution in [-0.4, -0.2) is 45.5 Å². The van der Waals surface area contributed by atoms with E-state index in [1.807, 2.05) is 0 Å². The summed E-state index contributed by atoms with van der Waals surface area (Å²) < 4.78 is 32.4. The van der Waals surface area contributed by atoms with Gasteiger partial charge >= 0.3 is 0 Å². The number of methoxy groups -OCH3 is 1. The SMILES string of the molecule is COc1ccc(S(=O)(=O)NC(C)C)cc1C(=O)N1CCCCC1. The van der Waals surface area contributed by atoms with Crippen molar-refractivity contribution in [1.29, 1.82) is 0 Å². The van der Waals surface area contributed by atoms with Gasteiger partial charge in [-0.2, -0.15) is 0 Å². The Kier molecular flexibility index (Phi) is 5.64. The first kappa shape index (κ1) is 17.7. The minimum absolute atomic E-state index is 0.0763. The van der Waals surface area contributed by atoms with Crippen LogP contribution in [0.3, 0.4) is 0 Å². The Bertz CT molecular complexity index is 665. The average Bonchev–Trinajstić information content (AvgIpc) is 2.53. The maximum Gasteiger partial charge on any atom is 0.257 e. The third-order valence-electron chi connectivity index (χ3n) is 3.75. The summed E-state index contributed by atoms with van der Waals surface area (Å²) in [7, 11) is -2.17. The first-order valence-corrected chi connectivity index (χ1v) is 9.33. The highest BCUT2D eigenvalue weighted by atomic mass is 32.2. The van der Waals surface area contributed by atoms with Gasteiger partial charge in [-0.05, 0) is 51.3 Å². The number of sulfonamides is 1. The predicted octanol–water partition coefficient (Wildman–Crippen LogP) is 2.01. The van der Waals surface area contributed by atoms with Gasteiger partial charge in [0.25, 0.3) is 5.91 Å². The Hall–Kier alpha value is -1.60. The van der Waals surface area contributed by atoms with Crippen molar-refractivity contribution in [1.82, 2.24) is 9.62 Å². The number of hydrogen-bond acceptors (Lipinski definition) is 4. The van der Waals surface area contributed by atoms with Crippen LogP contribution in [0.25, 0.3) is 0 Å². The van der Waals surface area contributed by atoms with Crippen molar-refractivity contribution in [3.63, 3.8) is 0 Å². The van der Waals surface area contributed by atoms with E-state index >= 15 is 0 Å². The summed E-state index contributed by atoms with van der Waals surface area (Å²) >= 11 is 0. The van der Waals surface area contributed by atoms with Crippen LogP contribution in [0.5, 0.6) is 5.75 Å². The molecule has 128 valence electrons. The Balaban J connectivity index is 2.37. The highest BCUT2D eigenvalue weighted by Gasteiger charge is 2.24. The Labute approximate surface area is 137 Å². The summed E-state index contributed by atoms with van der Waals surface area (Å²) in [5.74, 6) is 0.215. The first-order chi connectivity index (χ1) is 10.8. The smallest absolute Gasteiger partial charge is 0.257 e. The number of rotatable bonds is 5. The number of hydrogen-bond donors (Lipinski definition) is 1. The van der Waals surface area contributed by atoms with Crippen molar-refractivity contribution < 1.29 is 17.9 Å². The highest BCUT2D eigenvalue weighted by molar-refractivity contribution is 7.89. The third-order valence-corrected chi connectivity index (χ3v) is 5.40. The molecule has 1 saturated heterocycles. The molecule has 1 fully saturated rings. The molecule has 6 nitrogen and oxygen atoms in total. The van der Waals surface area contributed by atoms with Crippen LogP contribution >= 0.6 is 0 Å². The van der Waals surface area contributed by atoms with E-state index in [4.69, 9.17) is 4.74 Å². The molecule has 0 spiro atoms. The van der Waals surface area contributed by atoms with Crippen molar-refractivity contribution in [3.8, 4) is 5.75 Å². The van der Waals surface area contributed by atoms with E-state index in [-0.39, 0.29) is 16.8 Å². The van der Waals surface area contributed by atoms with Crippen molar-refractivity contribution in [3.05, 3.63) is 23.8 Å². The summed E-state index contributed by atoms with van der Waals surface area (Å²) in [6, 6.07) is 4.17. The Morgan fingerprint density at radius 3 is 2.43 bits per heavy atom. The maximum atomic E-state index is 12.7. The second kappa shape index (κ2) is 7.31. The minimum atomic E-state index is -3.65. The van der Waals surface area contributed by atoms with E-state index in [2.05, 4.69) is 4.72 Å². The lowest BCUT2D eigenvalue weighted by Crippen LogP contribution is -2.36. The largest absolute Gasteiger partial charge is 0.496 e. The van der Waals surface area contributed by atoms with E-state index in [0.29, 0.717) is 24.4 Å². The maximum absolute atomic E-state index is 12.7. The molecule has 7 heteroatoms. The summed E-state index contributed by atoms with van der Waals surface area (Å²) in [5, 5.41) is 0. The standard InChI is InChI=1S/C16H24N2O4S/c1-12(2)17-23(20,21)13-7-8-15(22-3)14(11-13)16(19)18-9-5-4-6-10-18/h7-8,11-12,17H,4-6,9-10H2,1-3H3. The van der Waals surface area contributed by atoms with Gasteiger partial charge in [0.05, 0.1) is 17.6 Å². The van der Waals surface area contributed by atoms with Gasteiger partial charge in [-0.25, -0.2) is 13.1 Å². The molecule has 0 bridgehead atoms. The molecule has 0 radical (unpaired) electrons. The lowest BCUT2D eigenvalue weighted by Gasteiger charge is -2.27. The van der Waals surface area contributed by atoms with Crippen molar-refractivity contribution in [2.75, 3.05) is 20.2 Å². The van der Waals surface area contributed by atoms with Gasteiger partial charge in [0.1, 0.15) is 5.75 Å². The Morgan fingerprint density at radius 1 is 1.22 bits per heavy atom. The second-order valence-electron chi connectivity index (χ2n) is 5.99. The molecule has 23 heavy (non-hydrogen) atoms. The van der Waals surface area contributed by atoms with Crippen LogP contribution in [-0.2, 0) is 10.0 Å².